The highest BCUT2D eigenvalue weighted by Gasteiger charge is 2.15. The number of tetrazole rings is 1. The lowest BCUT2D eigenvalue weighted by molar-refractivity contribution is 0.0950. The van der Waals surface area contributed by atoms with Gasteiger partial charge in [0.2, 0.25) is 0 Å². The van der Waals surface area contributed by atoms with Gasteiger partial charge in [0.05, 0.1) is 23.5 Å². The molecular weight excluding hydrogens is 287 g/mol. The summed E-state index contributed by atoms with van der Waals surface area (Å²) in [5.41, 5.74) is 1.24. The molecule has 110 valence electrons. The maximum atomic E-state index is 13.5. The second kappa shape index (κ2) is 6.08. The van der Waals surface area contributed by atoms with Gasteiger partial charge in [-0.1, -0.05) is 6.07 Å². The van der Waals surface area contributed by atoms with Crippen molar-refractivity contribution in [2.75, 3.05) is 0 Å². The van der Waals surface area contributed by atoms with Crippen molar-refractivity contribution in [3.63, 3.8) is 0 Å². The molecule has 0 fully saturated rings. The first-order valence-corrected chi connectivity index (χ1v) is 6.45. The van der Waals surface area contributed by atoms with E-state index in [1.54, 1.807) is 18.3 Å². The number of aromatic nitrogens is 5. The largest absolute Gasteiger partial charge is 0.346 e. The van der Waals surface area contributed by atoms with Crippen molar-refractivity contribution in [1.29, 1.82) is 0 Å². The molecule has 2 aromatic heterocycles. The minimum absolute atomic E-state index is 0.142. The molecule has 2 heterocycles. The molecule has 0 saturated carbocycles. The van der Waals surface area contributed by atoms with Crippen LogP contribution in [0.4, 0.5) is 4.39 Å². The van der Waals surface area contributed by atoms with E-state index in [4.69, 9.17) is 0 Å². The van der Waals surface area contributed by atoms with Crippen LogP contribution in [-0.2, 0) is 6.54 Å². The molecule has 0 atom stereocenters. The van der Waals surface area contributed by atoms with Gasteiger partial charge in [-0.05, 0) is 40.8 Å². The van der Waals surface area contributed by atoms with E-state index in [2.05, 4.69) is 25.8 Å². The van der Waals surface area contributed by atoms with E-state index in [0.717, 1.165) is 6.07 Å². The summed E-state index contributed by atoms with van der Waals surface area (Å²) in [5, 5.41) is 13.4. The smallest absolute Gasteiger partial charge is 0.253 e. The van der Waals surface area contributed by atoms with Gasteiger partial charge in [0, 0.05) is 6.20 Å². The fraction of sp³-hybridized carbons (Fsp3) is 0.0714. The first-order chi connectivity index (χ1) is 10.7. The summed E-state index contributed by atoms with van der Waals surface area (Å²) < 4.78 is 14.8. The third-order valence-electron chi connectivity index (χ3n) is 2.96. The van der Waals surface area contributed by atoms with Crippen molar-refractivity contribution in [2.24, 2.45) is 0 Å². The van der Waals surface area contributed by atoms with Gasteiger partial charge >= 0.3 is 0 Å². The lowest BCUT2D eigenvalue weighted by Gasteiger charge is -2.09. The Balaban J connectivity index is 1.84. The second-order valence-electron chi connectivity index (χ2n) is 4.42. The van der Waals surface area contributed by atoms with Crippen LogP contribution in [0.25, 0.3) is 5.69 Å². The zero-order valence-electron chi connectivity index (χ0n) is 11.3. The number of amides is 1. The lowest BCUT2D eigenvalue weighted by atomic mass is 10.1. The molecule has 3 aromatic rings. The fourth-order valence-electron chi connectivity index (χ4n) is 1.93. The molecule has 0 saturated heterocycles. The molecule has 8 heteroatoms. The molecule has 1 amide bonds. The average Bonchev–Trinajstić information content (AvgIpc) is 3.08. The number of halogens is 1. The number of carbonyl (C=O) groups excluding carboxylic acids is 1. The Morgan fingerprint density at radius 3 is 2.91 bits per heavy atom. The molecule has 0 aliphatic heterocycles. The van der Waals surface area contributed by atoms with E-state index < -0.39 is 11.7 Å². The minimum Gasteiger partial charge on any atom is -0.346 e. The van der Waals surface area contributed by atoms with Crippen LogP contribution in [0.15, 0.2) is 48.9 Å². The zero-order chi connectivity index (χ0) is 15.4. The van der Waals surface area contributed by atoms with Crippen molar-refractivity contribution >= 4 is 5.91 Å². The number of nitrogens with zero attached hydrogens (tertiary/aromatic N) is 5. The normalized spacial score (nSPS) is 10.4. The van der Waals surface area contributed by atoms with Crippen molar-refractivity contribution in [1.82, 2.24) is 30.5 Å². The maximum Gasteiger partial charge on any atom is 0.253 e. The molecule has 0 unspecified atom stereocenters. The van der Waals surface area contributed by atoms with Crippen LogP contribution in [0.3, 0.4) is 0 Å². The van der Waals surface area contributed by atoms with Gasteiger partial charge in [-0.3, -0.25) is 9.78 Å². The molecule has 1 aromatic carbocycles. The molecule has 0 aliphatic carbocycles. The topological polar surface area (TPSA) is 85.6 Å². The Morgan fingerprint density at radius 2 is 2.18 bits per heavy atom. The third-order valence-corrected chi connectivity index (χ3v) is 2.96. The average molecular weight is 298 g/mol. The van der Waals surface area contributed by atoms with Gasteiger partial charge in [-0.2, -0.15) is 4.68 Å². The predicted molar refractivity (Wildman–Crippen MR) is 74.5 cm³/mol. The van der Waals surface area contributed by atoms with Gasteiger partial charge in [-0.15, -0.1) is 5.10 Å². The SMILES string of the molecule is O=C(NCc1ccccn1)c1cc(F)ccc1-n1cnnn1. The summed E-state index contributed by atoms with van der Waals surface area (Å²) in [6, 6.07) is 9.23. The standard InChI is InChI=1S/C14H11FN6O/c15-10-4-5-13(21-9-18-19-20-21)12(7-10)14(22)17-8-11-3-1-2-6-16-11/h1-7,9H,8H2,(H,17,22). The van der Waals surface area contributed by atoms with E-state index >= 15 is 0 Å². The summed E-state index contributed by atoms with van der Waals surface area (Å²) in [7, 11) is 0. The quantitative estimate of drug-likeness (QED) is 0.780. The first kappa shape index (κ1) is 13.8. The predicted octanol–water partition coefficient (Wildman–Crippen LogP) is 1.13. The van der Waals surface area contributed by atoms with Crippen LogP contribution >= 0.6 is 0 Å². The number of nitrogens with one attached hydrogen (secondary N) is 1. The highest BCUT2D eigenvalue weighted by atomic mass is 19.1. The summed E-state index contributed by atoms with van der Waals surface area (Å²) in [5.74, 6) is -0.949. The minimum atomic E-state index is -0.514. The molecule has 22 heavy (non-hydrogen) atoms. The van der Waals surface area contributed by atoms with E-state index in [-0.39, 0.29) is 12.1 Å². The molecule has 0 bridgehead atoms. The molecule has 0 radical (unpaired) electrons. The molecule has 1 N–H and O–H groups in total. The van der Waals surface area contributed by atoms with Crippen LogP contribution in [0, 0.1) is 5.82 Å². The second-order valence-corrected chi connectivity index (χ2v) is 4.42. The van der Waals surface area contributed by atoms with Gasteiger partial charge in [-0.25, -0.2) is 4.39 Å². The number of hydrogen-bond acceptors (Lipinski definition) is 5. The first-order valence-electron chi connectivity index (χ1n) is 6.45. The Labute approximate surface area is 124 Å². The van der Waals surface area contributed by atoms with Crippen molar-refractivity contribution in [3.8, 4) is 5.69 Å². The van der Waals surface area contributed by atoms with Crippen LogP contribution in [0.2, 0.25) is 0 Å². The van der Waals surface area contributed by atoms with Crippen LogP contribution in [-0.4, -0.2) is 31.1 Å². The monoisotopic (exact) mass is 298 g/mol. The maximum absolute atomic E-state index is 13.5. The van der Waals surface area contributed by atoms with Crippen molar-refractivity contribution < 1.29 is 9.18 Å². The molecule has 0 aliphatic rings. The van der Waals surface area contributed by atoms with Gasteiger partial charge in [0.25, 0.3) is 5.91 Å². The fourth-order valence-corrected chi connectivity index (χ4v) is 1.93. The van der Waals surface area contributed by atoms with E-state index in [1.165, 1.54) is 23.1 Å². The Morgan fingerprint density at radius 1 is 1.27 bits per heavy atom. The highest BCUT2D eigenvalue weighted by Crippen LogP contribution is 2.15. The van der Waals surface area contributed by atoms with Crippen LogP contribution < -0.4 is 5.32 Å². The van der Waals surface area contributed by atoms with Crippen molar-refractivity contribution in [3.05, 3.63) is 66.0 Å². The number of pyridine rings is 1. The van der Waals surface area contributed by atoms with Gasteiger partial charge < -0.3 is 5.32 Å². The molecular formula is C14H11FN6O. The Hall–Kier alpha value is -3.16. The molecule has 3 rings (SSSR count). The molecule has 7 nitrogen and oxygen atoms in total. The van der Waals surface area contributed by atoms with Crippen LogP contribution in [0.5, 0.6) is 0 Å². The molecule has 0 spiro atoms. The van der Waals surface area contributed by atoms with Gasteiger partial charge in [0.1, 0.15) is 12.1 Å². The van der Waals surface area contributed by atoms with E-state index in [1.807, 2.05) is 6.07 Å². The van der Waals surface area contributed by atoms with E-state index in [9.17, 15) is 9.18 Å². The number of carbonyl (C=O) groups is 1. The van der Waals surface area contributed by atoms with E-state index in [0.29, 0.717) is 11.4 Å². The lowest BCUT2D eigenvalue weighted by Crippen LogP contribution is -2.25. The highest BCUT2D eigenvalue weighted by molar-refractivity contribution is 5.97. The zero-order valence-corrected chi connectivity index (χ0v) is 11.3. The number of benzene rings is 1. The van der Waals surface area contributed by atoms with Gasteiger partial charge in [0.15, 0.2) is 0 Å². The third kappa shape index (κ3) is 2.95. The Kier molecular flexibility index (Phi) is 3.82. The summed E-state index contributed by atoms with van der Waals surface area (Å²) >= 11 is 0. The Bertz CT molecular complexity index is 775. The van der Waals surface area contributed by atoms with Crippen LogP contribution in [0.1, 0.15) is 16.1 Å². The number of hydrogen-bond donors (Lipinski definition) is 1. The summed E-state index contributed by atoms with van der Waals surface area (Å²) in [4.78, 5) is 16.4. The number of rotatable bonds is 4. The summed E-state index contributed by atoms with van der Waals surface area (Å²) in [6.07, 6.45) is 2.97. The summed E-state index contributed by atoms with van der Waals surface area (Å²) in [6.45, 7) is 0.241. The van der Waals surface area contributed by atoms with Crippen molar-refractivity contribution in [2.45, 2.75) is 6.54 Å².